The van der Waals surface area contributed by atoms with Gasteiger partial charge in [-0.2, -0.15) is 4.39 Å². The summed E-state index contributed by atoms with van der Waals surface area (Å²) < 4.78 is 84.3. The third kappa shape index (κ3) is 2.86. The molecule has 1 N–H and O–H groups in total. The van der Waals surface area contributed by atoms with E-state index in [1.807, 2.05) is 0 Å². The fourth-order valence-corrected chi connectivity index (χ4v) is 3.00. The summed E-state index contributed by atoms with van der Waals surface area (Å²) in [4.78, 5) is 10.00. The fourth-order valence-electron chi connectivity index (χ4n) is 1.95. The quantitative estimate of drug-likeness (QED) is 0.488. The van der Waals surface area contributed by atoms with Crippen LogP contribution in [0.5, 0.6) is 5.75 Å². The molecule has 0 aliphatic carbocycles. The average Bonchev–Trinajstić information content (AvgIpc) is 2.44. The Kier molecular flexibility index (Phi) is 4.63. The second-order valence-corrected chi connectivity index (χ2v) is 7.22. The lowest BCUT2D eigenvalue weighted by atomic mass is 10.2. The van der Waals surface area contributed by atoms with Crippen LogP contribution < -0.4 is 4.74 Å². The van der Waals surface area contributed by atoms with Gasteiger partial charge in [0.1, 0.15) is 6.10 Å². The van der Waals surface area contributed by atoms with Crippen LogP contribution in [0.3, 0.4) is 0 Å². The lowest BCUT2D eigenvalue weighted by molar-refractivity contribution is 0.0204. The Bertz CT molecular complexity index is 793. The molecule has 1 saturated heterocycles. The van der Waals surface area contributed by atoms with Gasteiger partial charge in [-0.1, -0.05) is 0 Å². The minimum atomic E-state index is -4.70. The van der Waals surface area contributed by atoms with Crippen LogP contribution >= 0.6 is 0 Å². The highest BCUT2D eigenvalue weighted by atomic mass is 32.2. The van der Waals surface area contributed by atoms with Gasteiger partial charge in [0, 0.05) is 14.1 Å². The second-order valence-electron chi connectivity index (χ2n) is 5.13. The van der Waals surface area contributed by atoms with E-state index < -0.39 is 56.1 Å². The Balaban J connectivity index is 2.52. The predicted octanol–water partition coefficient (Wildman–Crippen LogP) is 1.23. The smallest absolute Gasteiger partial charge is 0.407 e. The van der Waals surface area contributed by atoms with Crippen LogP contribution in [0.15, 0.2) is 4.90 Å². The molecule has 7 nitrogen and oxygen atoms in total. The SMILES string of the molecule is CN(C)S(=O)(=O)c1c(F)c(F)c(F)c(F)c1OC1CN(C(=O)O)C1. The number of ether oxygens (including phenoxy) is 1. The Morgan fingerprint density at radius 3 is 2.08 bits per heavy atom. The molecule has 134 valence electrons. The number of hydrogen-bond acceptors (Lipinski definition) is 4. The van der Waals surface area contributed by atoms with Gasteiger partial charge in [0.25, 0.3) is 0 Å². The molecule has 1 fully saturated rings. The summed E-state index contributed by atoms with van der Waals surface area (Å²) in [7, 11) is -2.74. The van der Waals surface area contributed by atoms with Gasteiger partial charge >= 0.3 is 6.09 Å². The summed E-state index contributed by atoms with van der Waals surface area (Å²) in [5, 5.41) is 8.68. The van der Waals surface area contributed by atoms with Crippen LogP contribution in [-0.2, 0) is 10.0 Å². The van der Waals surface area contributed by atoms with E-state index in [9.17, 15) is 30.8 Å². The van der Waals surface area contributed by atoms with Gasteiger partial charge in [-0.3, -0.25) is 0 Å². The zero-order valence-corrected chi connectivity index (χ0v) is 13.2. The molecule has 0 saturated carbocycles. The molecule has 1 heterocycles. The molecule has 0 aromatic heterocycles. The van der Waals surface area contributed by atoms with Gasteiger partial charge in [-0.15, -0.1) is 0 Å². The predicted molar refractivity (Wildman–Crippen MR) is 71.2 cm³/mol. The van der Waals surface area contributed by atoms with E-state index in [4.69, 9.17) is 9.84 Å². The summed E-state index contributed by atoms with van der Waals surface area (Å²) in [5.74, 6) is -9.97. The molecular weight excluding hydrogens is 360 g/mol. The number of nitrogens with zero attached hydrogens (tertiary/aromatic N) is 2. The van der Waals surface area contributed by atoms with Crippen LogP contribution in [0.25, 0.3) is 0 Å². The van der Waals surface area contributed by atoms with Crippen molar-refractivity contribution in [1.82, 2.24) is 9.21 Å². The van der Waals surface area contributed by atoms with Crippen LogP contribution in [0.4, 0.5) is 22.4 Å². The van der Waals surface area contributed by atoms with E-state index in [1.165, 1.54) is 0 Å². The Morgan fingerprint density at radius 1 is 1.12 bits per heavy atom. The second kappa shape index (κ2) is 6.09. The van der Waals surface area contributed by atoms with E-state index in [2.05, 4.69) is 0 Å². The van der Waals surface area contributed by atoms with Crippen LogP contribution in [0.2, 0.25) is 0 Å². The minimum Gasteiger partial charge on any atom is -0.482 e. The van der Waals surface area contributed by atoms with E-state index >= 15 is 0 Å². The van der Waals surface area contributed by atoms with Crippen molar-refractivity contribution in [3.8, 4) is 5.75 Å². The highest BCUT2D eigenvalue weighted by Gasteiger charge is 2.39. The number of carbonyl (C=O) groups is 1. The van der Waals surface area contributed by atoms with E-state index in [-0.39, 0.29) is 13.1 Å². The molecule has 0 radical (unpaired) electrons. The normalized spacial score (nSPS) is 15.5. The fraction of sp³-hybridized carbons (Fsp3) is 0.417. The number of benzene rings is 1. The lowest BCUT2D eigenvalue weighted by Crippen LogP contribution is -2.56. The molecule has 1 amide bonds. The first-order chi connectivity index (χ1) is 11.0. The van der Waals surface area contributed by atoms with Gasteiger partial charge in [0.05, 0.1) is 13.1 Å². The van der Waals surface area contributed by atoms with E-state index in [1.54, 1.807) is 0 Å². The maximum absolute atomic E-state index is 14.0. The van der Waals surface area contributed by atoms with Crippen LogP contribution in [0.1, 0.15) is 0 Å². The third-order valence-electron chi connectivity index (χ3n) is 3.32. The van der Waals surface area contributed by atoms with Gasteiger partial charge in [0.15, 0.2) is 22.3 Å². The number of amides is 1. The molecule has 1 aromatic carbocycles. The number of hydrogen-bond donors (Lipinski definition) is 1. The molecule has 1 aliphatic heterocycles. The van der Waals surface area contributed by atoms with Crippen molar-refractivity contribution in [3.63, 3.8) is 0 Å². The Hall–Kier alpha value is -2.08. The molecule has 2 rings (SSSR count). The minimum absolute atomic E-state index is 0.267. The number of carboxylic acid groups (broad SMARTS) is 1. The molecule has 0 atom stereocenters. The average molecular weight is 372 g/mol. The molecule has 0 spiro atoms. The van der Waals surface area contributed by atoms with Crippen molar-refractivity contribution >= 4 is 16.1 Å². The summed E-state index contributed by atoms with van der Waals surface area (Å²) in [6.07, 6.45) is -2.33. The lowest BCUT2D eigenvalue weighted by Gasteiger charge is -2.37. The van der Waals surface area contributed by atoms with Crippen molar-refractivity contribution in [1.29, 1.82) is 0 Å². The van der Waals surface area contributed by atoms with Gasteiger partial charge < -0.3 is 14.7 Å². The summed E-state index contributed by atoms with van der Waals surface area (Å²) >= 11 is 0. The third-order valence-corrected chi connectivity index (χ3v) is 5.17. The van der Waals surface area contributed by atoms with Crippen molar-refractivity contribution < 1.29 is 40.6 Å². The van der Waals surface area contributed by atoms with Gasteiger partial charge in [-0.25, -0.2) is 30.7 Å². The standard InChI is InChI=1S/C12H12F4N2O5S/c1-17(2)24(21,22)11-9(16)7(14)6(13)8(15)10(11)23-5-3-18(4-5)12(19)20/h5H,3-4H2,1-2H3,(H,19,20). The maximum Gasteiger partial charge on any atom is 0.407 e. The first-order valence-electron chi connectivity index (χ1n) is 6.41. The van der Waals surface area contributed by atoms with Crippen LogP contribution in [0, 0.1) is 23.3 Å². The summed E-state index contributed by atoms with van der Waals surface area (Å²) in [6, 6.07) is 0. The Morgan fingerprint density at radius 2 is 1.62 bits per heavy atom. The zero-order chi connectivity index (χ0) is 18.4. The highest BCUT2D eigenvalue weighted by molar-refractivity contribution is 7.89. The van der Waals surface area contributed by atoms with E-state index in [0.29, 0.717) is 4.31 Å². The summed E-state index contributed by atoms with van der Waals surface area (Å²) in [6.45, 7) is -0.534. The molecule has 12 heteroatoms. The highest BCUT2D eigenvalue weighted by Crippen LogP contribution is 2.36. The van der Waals surface area contributed by atoms with E-state index in [0.717, 1.165) is 19.0 Å². The molecule has 1 aliphatic rings. The molecule has 1 aromatic rings. The zero-order valence-electron chi connectivity index (χ0n) is 12.4. The monoisotopic (exact) mass is 372 g/mol. The maximum atomic E-state index is 14.0. The van der Waals surface area contributed by atoms with Crippen molar-refractivity contribution in [3.05, 3.63) is 23.3 Å². The number of sulfonamides is 1. The molecular formula is C12H12F4N2O5S. The molecule has 0 bridgehead atoms. The van der Waals surface area contributed by atoms with Crippen LogP contribution in [-0.4, -0.2) is 62.1 Å². The first-order valence-corrected chi connectivity index (χ1v) is 7.85. The Labute approximate surface area is 134 Å². The number of halogens is 4. The van der Waals surface area contributed by atoms with Gasteiger partial charge in [0.2, 0.25) is 21.7 Å². The van der Waals surface area contributed by atoms with Gasteiger partial charge in [-0.05, 0) is 0 Å². The topological polar surface area (TPSA) is 87.2 Å². The summed E-state index contributed by atoms with van der Waals surface area (Å²) in [5.41, 5.74) is 0. The first kappa shape index (κ1) is 18.3. The molecule has 0 unspecified atom stereocenters. The van der Waals surface area contributed by atoms with Crippen molar-refractivity contribution in [2.45, 2.75) is 11.0 Å². The number of likely N-dealkylation sites (tertiary alicyclic amines) is 1. The largest absolute Gasteiger partial charge is 0.482 e. The van der Waals surface area contributed by atoms with Crippen molar-refractivity contribution in [2.75, 3.05) is 27.2 Å². The van der Waals surface area contributed by atoms with Crippen molar-refractivity contribution in [2.24, 2.45) is 0 Å². The number of rotatable bonds is 4. The molecule has 24 heavy (non-hydrogen) atoms.